The lowest BCUT2D eigenvalue weighted by atomic mass is 10.0. The number of carbonyl (C=O) groups is 1. The minimum Gasteiger partial charge on any atom is -0.483 e. The first-order valence-corrected chi connectivity index (χ1v) is 9.10. The molecule has 1 aliphatic rings. The van der Waals surface area contributed by atoms with Gasteiger partial charge in [0.25, 0.3) is 5.91 Å². The number of nitrogens with one attached hydrogen (secondary N) is 1. The smallest absolute Gasteiger partial charge is 0.252 e. The molecule has 1 heterocycles. The van der Waals surface area contributed by atoms with Crippen molar-refractivity contribution in [2.24, 2.45) is 0 Å². The molecule has 0 aliphatic carbocycles. The fourth-order valence-electron chi connectivity index (χ4n) is 3.04. The maximum Gasteiger partial charge on any atom is 0.252 e. The maximum atomic E-state index is 12.1. The molecule has 0 fully saturated rings. The molecule has 0 atom stereocenters. The molecule has 0 unspecified atom stereocenters. The molecule has 0 spiro atoms. The third-order valence-electron chi connectivity index (χ3n) is 4.59. The van der Waals surface area contributed by atoms with E-state index in [0.29, 0.717) is 11.3 Å². The summed E-state index contributed by atoms with van der Waals surface area (Å²) >= 11 is 0. The zero-order chi connectivity index (χ0) is 19.4. The number of hydrogen-bond acceptors (Lipinski definition) is 3. The molecule has 0 saturated heterocycles. The predicted octanol–water partition coefficient (Wildman–Crippen LogP) is 3.83. The van der Waals surface area contributed by atoms with Gasteiger partial charge in [0, 0.05) is 17.5 Å². The lowest BCUT2D eigenvalue weighted by Crippen LogP contribution is -2.24. The number of carbonyl (C=O) groups excluding carboxylic acids is 1. The Hall–Kier alpha value is -2.93. The second-order valence-electron chi connectivity index (χ2n) is 7.41. The van der Waals surface area contributed by atoms with Crippen molar-refractivity contribution in [3.63, 3.8) is 0 Å². The molecule has 0 aromatic heterocycles. The van der Waals surface area contributed by atoms with Gasteiger partial charge >= 0.3 is 0 Å². The van der Waals surface area contributed by atoms with Crippen molar-refractivity contribution in [1.29, 1.82) is 0 Å². The predicted molar refractivity (Wildman–Crippen MR) is 106 cm³/mol. The Morgan fingerprint density at radius 2 is 2.00 bits per heavy atom. The fraction of sp³-hybridized carbons (Fsp3) is 0.348. The third-order valence-corrected chi connectivity index (χ3v) is 4.59. The van der Waals surface area contributed by atoms with Gasteiger partial charge in [-0.05, 0) is 57.0 Å². The first-order chi connectivity index (χ1) is 12.9. The van der Waals surface area contributed by atoms with E-state index in [0.717, 1.165) is 23.3 Å². The summed E-state index contributed by atoms with van der Waals surface area (Å²) in [5, 5.41) is 2.80. The van der Waals surface area contributed by atoms with Crippen LogP contribution in [0, 0.1) is 25.7 Å². The normalized spacial score (nSPS) is 13.8. The van der Waals surface area contributed by atoms with Crippen molar-refractivity contribution in [3.05, 3.63) is 58.7 Å². The van der Waals surface area contributed by atoms with Gasteiger partial charge in [-0.2, -0.15) is 0 Å². The summed E-state index contributed by atoms with van der Waals surface area (Å²) in [5.41, 5.74) is 3.87. The molecule has 3 rings (SSSR count). The van der Waals surface area contributed by atoms with Crippen LogP contribution in [0.15, 0.2) is 36.4 Å². The third kappa shape index (κ3) is 4.62. The van der Waals surface area contributed by atoms with Gasteiger partial charge in [0.15, 0.2) is 11.5 Å². The molecule has 4 nitrogen and oxygen atoms in total. The highest BCUT2D eigenvalue weighted by Crippen LogP contribution is 2.41. The number of benzene rings is 2. The summed E-state index contributed by atoms with van der Waals surface area (Å²) in [6.45, 7) is 8.68. The highest BCUT2D eigenvalue weighted by Gasteiger charge is 2.32. The van der Waals surface area contributed by atoms with Gasteiger partial charge in [-0.1, -0.05) is 30.0 Å². The summed E-state index contributed by atoms with van der Waals surface area (Å²) in [7, 11) is 0. The quantitative estimate of drug-likeness (QED) is 0.840. The zero-order valence-corrected chi connectivity index (χ0v) is 16.3. The molecule has 1 N–H and O–H groups in total. The largest absolute Gasteiger partial charge is 0.483 e. The molecule has 0 saturated carbocycles. The average molecular weight is 363 g/mol. The van der Waals surface area contributed by atoms with Crippen molar-refractivity contribution < 1.29 is 14.3 Å². The molecule has 1 aliphatic heterocycles. The van der Waals surface area contributed by atoms with E-state index >= 15 is 0 Å². The van der Waals surface area contributed by atoms with E-state index in [1.807, 2.05) is 44.2 Å². The zero-order valence-electron chi connectivity index (χ0n) is 16.3. The Balaban J connectivity index is 1.49. The standard InChI is InChI=1S/C23H25NO3/c1-16-10-11-18(14-17(16)2)22(25)24-12-5-6-13-26-20-9-7-8-19-15-23(3,4)27-21(19)20/h7-11,14H,12-13,15H2,1-4H3,(H,24,25). The van der Waals surface area contributed by atoms with Gasteiger partial charge in [-0.25, -0.2) is 0 Å². The second-order valence-corrected chi connectivity index (χ2v) is 7.41. The van der Waals surface area contributed by atoms with Crippen LogP contribution in [0.3, 0.4) is 0 Å². The molecule has 27 heavy (non-hydrogen) atoms. The van der Waals surface area contributed by atoms with Crippen molar-refractivity contribution in [2.75, 3.05) is 13.2 Å². The molecule has 2 aromatic carbocycles. The number of hydrogen-bond donors (Lipinski definition) is 1. The number of rotatable bonds is 4. The Bertz CT molecular complexity index is 919. The highest BCUT2D eigenvalue weighted by atomic mass is 16.5. The van der Waals surface area contributed by atoms with Gasteiger partial charge in [0.2, 0.25) is 0 Å². The van der Waals surface area contributed by atoms with Crippen LogP contribution in [0.25, 0.3) is 0 Å². The lowest BCUT2D eigenvalue weighted by Gasteiger charge is -2.17. The van der Waals surface area contributed by atoms with E-state index in [1.165, 1.54) is 5.56 Å². The Kier molecular flexibility index (Phi) is 5.41. The van der Waals surface area contributed by atoms with E-state index in [1.54, 1.807) is 0 Å². The maximum absolute atomic E-state index is 12.1. The molecule has 0 radical (unpaired) electrons. The van der Waals surface area contributed by atoms with E-state index in [-0.39, 0.29) is 24.7 Å². The van der Waals surface area contributed by atoms with E-state index in [4.69, 9.17) is 9.47 Å². The van der Waals surface area contributed by atoms with Crippen LogP contribution in [0.2, 0.25) is 0 Å². The number of fused-ring (bicyclic) bond motifs is 1. The van der Waals surface area contributed by atoms with Gasteiger partial charge in [0.1, 0.15) is 12.2 Å². The van der Waals surface area contributed by atoms with Crippen LogP contribution in [0.5, 0.6) is 11.5 Å². The topological polar surface area (TPSA) is 47.6 Å². The average Bonchev–Trinajstić information content (AvgIpc) is 2.94. The molecule has 0 bridgehead atoms. The van der Waals surface area contributed by atoms with Gasteiger partial charge in [-0.3, -0.25) is 4.79 Å². The molecule has 4 heteroatoms. The number of ether oxygens (including phenoxy) is 2. The summed E-state index contributed by atoms with van der Waals surface area (Å²) in [4.78, 5) is 12.1. The first-order valence-electron chi connectivity index (χ1n) is 9.10. The van der Waals surface area contributed by atoms with E-state index in [2.05, 4.69) is 37.1 Å². The Morgan fingerprint density at radius 3 is 2.78 bits per heavy atom. The molecular weight excluding hydrogens is 338 g/mol. The monoisotopic (exact) mass is 363 g/mol. The van der Waals surface area contributed by atoms with Gasteiger partial charge in [-0.15, -0.1) is 0 Å². The van der Waals surface area contributed by atoms with Crippen molar-refractivity contribution in [1.82, 2.24) is 5.32 Å². The van der Waals surface area contributed by atoms with Crippen molar-refractivity contribution >= 4 is 5.91 Å². The fourth-order valence-corrected chi connectivity index (χ4v) is 3.04. The first kappa shape index (κ1) is 18.8. The van der Waals surface area contributed by atoms with Crippen LogP contribution in [0.4, 0.5) is 0 Å². The second kappa shape index (κ2) is 7.75. The highest BCUT2D eigenvalue weighted by molar-refractivity contribution is 5.94. The molecular formula is C23H25NO3. The van der Waals surface area contributed by atoms with Crippen LogP contribution < -0.4 is 14.8 Å². The molecule has 2 aromatic rings. The summed E-state index contributed by atoms with van der Waals surface area (Å²) in [5.74, 6) is 7.26. The van der Waals surface area contributed by atoms with Crippen LogP contribution in [-0.2, 0) is 6.42 Å². The molecule has 1 amide bonds. The lowest BCUT2D eigenvalue weighted by molar-refractivity contribution is 0.0958. The van der Waals surface area contributed by atoms with Crippen molar-refractivity contribution in [2.45, 2.75) is 39.7 Å². The van der Waals surface area contributed by atoms with Crippen LogP contribution >= 0.6 is 0 Å². The van der Waals surface area contributed by atoms with Crippen LogP contribution in [-0.4, -0.2) is 24.7 Å². The minimum absolute atomic E-state index is 0.121. The Labute approximate surface area is 160 Å². The minimum atomic E-state index is -0.202. The molecule has 140 valence electrons. The summed E-state index contributed by atoms with van der Waals surface area (Å²) in [6, 6.07) is 11.6. The van der Waals surface area contributed by atoms with Crippen molar-refractivity contribution in [3.8, 4) is 23.3 Å². The number of para-hydroxylation sites is 1. The van der Waals surface area contributed by atoms with E-state index in [9.17, 15) is 4.79 Å². The van der Waals surface area contributed by atoms with Gasteiger partial charge < -0.3 is 14.8 Å². The van der Waals surface area contributed by atoms with Crippen LogP contribution in [0.1, 0.15) is 40.9 Å². The summed E-state index contributed by atoms with van der Waals surface area (Å²) in [6.07, 6.45) is 0.871. The van der Waals surface area contributed by atoms with E-state index < -0.39 is 0 Å². The Morgan fingerprint density at radius 1 is 1.19 bits per heavy atom. The van der Waals surface area contributed by atoms with Gasteiger partial charge in [0.05, 0.1) is 6.54 Å². The summed E-state index contributed by atoms with van der Waals surface area (Å²) < 4.78 is 11.7. The number of aryl methyl sites for hydroxylation is 2. The SMILES string of the molecule is Cc1ccc(C(=O)NCC#CCOc2cccc3c2OC(C)(C)C3)cc1C. The number of amides is 1.